The average molecular weight is 1800 g/mol. The number of aliphatic hydroxyl groups excluding tert-OH is 1. The van der Waals surface area contributed by atoms with Crippen LogP contribution in [-0.4, -0.2) is 213 Å². The number of thioether (sulfide) groups is 1. The van der Waals surface area contributed by atoms with Crippen molar-refractivity contribution in [2.75, 3.05) is 38.2 Å². The number of nitrogens with zero attached hydrogens (tertiary/aromatic N) is 1. The molecule has 4 rings (SSSR count). The summed E-state index contributed by atoms with van der Waals surface area (Å²) in [5, 5.41) is 72.8. The van der Waals surface area contributed by atoms with Crippen LogP contribution < -0.4 is 65.5 Å². The molecule has 4 aromatic carbocycles. The van der Waals surface area contributed by atoms with Gasteiger partial charge in [-0.2, -0.15) is 11.8 Å². The molecule has 128 heavy (non-hydrogen) atoms. The number of aromatic hydroxyl groups is 1. The molecule has 35 nitrogen and oxygen atoms in total. The maximum Gasteiger partial charge on any atom is 0.326 e. The van der Waals surface area contributed by atoms with E-state index in [1.807, 2.05) is 0 Å². The zero-order valence-electron chi connectivity index (χ0n) is 74.3. The number of aliphatic carboxylic acids is 2. The van der Waals surface area contributed by atoms with Crippen LogP contribution in [0.2, 0.25) is 0 Å². The predicted molar refractivity (Wildman–Crippen MR) is 482 cm³/mol. The Hall–Kier alpha value is -11.6. The first-order chi connectivity index (χ1) is 60.8. The summed E-state index contributed by atoms with van der Waals surface area (Å²) in [6.07, 6.45) is -1.77. The molecule has 0 saturated carbocycles. The molecule has 0 saturated heterocycles. The van der Waals surface area contributed by atoms with E-state index in [-0.39, 0.29) is 95.6 Å². The number of benzene rings is 4. The van der Waals surface area contributed by atoms with E-state index in [0.29, 0.717) is 72.2 Å². The normalized spacial score (nSPS) is 14.7. The van der Waals surface area contributed by atoms with Gasteiger partial charge in [-0.15, -0.1) is 0 Å². The fourth-order valence-corrected chi connectivity index (χ4v) is 14.9. The Labute approximate surface area is 752 Å². The second-order valence-corrected chi connectivity index (χ2v) is 34.0. The van der Waals surface area contributed by atoms with E-state index in [1.54, 1.807) is 111 Å². The Bertz CT molecular complexity index is 4330. The van der Waals surface area contributed by atoms with Crippen molar-refractivity contribution < 1.29 is 102 Å². The quantitative estimate of drug-likeness (QED) is 0.0125. The lowest BCUT2D eigenvalue weighted by molar-refractivity contribution is -0.144. The topological polar surface area (TPSA) is 600 Å². The number of primary amides is 1. The van der Waals surface area contributed by atoms with E-state index < -0.39 is 235 Å². The molecule has 0 aliphatic carbocycles. The van der Waals surface area contributed by atoms with E-state index in [0.717, 1.165) is 0 Å². The average Bonchev–Trinajstić information content (AvgIpc) is 0.849. The molecular formula is C92H132N14O21S. The second kappa shape index (κ2) is 58.7. The van der Waals surface area contributed by atoms with Gasteiger partial charge in [0, 0.05) is 74.7 Å². The van der Waals surface area contributed by atoms with Crippen molar-refractivity contribution in [3.05, 3.63) is 138 Å². The number of phenolic OH excluding ortho intramolecular Hbond substituents is 1. The van der Waals surface area contributed by atoms with Crippen LogP contribution in [-0.2, 0) is 107 Å². The molecule has 702 valence electrons. The Morgan fingerprint density at radius 1 is 0.453 bits per heavy atom. The molecule has 2 unspecified atom stereocenters. The SMILES string of the molecule is CSCC[C@H](NC(=O)[C@@H](CC(=O)[C@H](C)NC(=O)[C@@H](CC(=O)[C@H](CC(N)=O)NC(=O)[C@@H](CC(=O)[C@@H](NC(=O)[C@H](C)CC(=O)[C@H](CCCCN)NC(=O)C(CCCCN)CC(=O)[C@H](CCCCNC(=N)N)NC(=O)C(CC(=O)[C@H](Cc1ccccc1)NC(=O)CO/N=C(\C)CCC(=O)O)Cc1ccccc1)C(C)C)Cc1ccc(O)cc1)Cc1ccccc1)[C@@H](C)O)C(=O)O. The van der Waals surface area contributed by atoms with Crippen molar-refractivity contribution in [2.24, 2.45) is 69.5 Å². The molecule has 21 N–H and O–H groups in total. The molecule has 0 fully saturated rings. The number of Topliss-reactive ketones (excluding diaryl/α,β-unsaturated/α-hetero) is 6. The number of aliphatic hydroxyl groups is 1. The number of nitrogens with one attached hydrogen (secondary N) is 9. The number of carbonyl (C=O) groups excluding carboxylic acids is 14. The number of nitrogens with two attached hydrogens (primary N) is 4. The van der Waals surface area contributed by atoms with Gasteiger partial charge in [0.05, 0.1) is 66.8 Å². The van der Waals surface area contributed by atoms with E-state index in [4.69, 9.17) is 38.3 Å². The fourth-order valence-electron chi connectivity index (χ4n) is 14.4. The summed E-state index contributed by atoms with van der Waals surface area (Å²) in [4.78, 5) is 229. The van der Waals surface area contributed by atoms with E-state index in [9.17, 15) is 82.4 Å². The number of hydrogen-bond acceptors (Lipinski definition) is 24. The van der Waals surface area contributed by atoms with Crippen LogP contribution in [0.4, 0.5) is 0 Å². The third-order valence-corrected chi connectivity index (χ3v) is 22.5. The minimum Gasteiger partial charge on any atom is -0.508 e. The molecule has 0 spiro atoms. The highest BCUT2D eigenvalue weighted by atomic mass is 32.2. The molecule has 0 heterocycles. The number of hydrogen-bond donors (Lipinski definition) is 17. The van der Waals surface area contributed by atoms with Crippen molar-refractivity contribution in [2.45, 2.75) is 238 Å². The van der Waals surface area contributed by atoms with Gasteiger partial charge in [-0.05, 0) is 176 Å². The molecule has 0 radical (unpaired) electrons. The van der Waals surface area contributed by atoms with Crippen molar-refractivity contribution in [1.29, 1.82) is 5.41 Å². The highest BCUT2D eigenvalue weighted by Crippen LogP contribution is 2.26. The number of rotatable bonds is 66. The third-order valence-electron chi connectivity index (χ3n) is 21.8. The minimum atomic E-state index is -1.71. The summed E-state index contributed by atoms with van der Waals surface area (Å²) < 4.78 is 0. The van der Waals surface area contributed by atoms with Gasteiger partial charge >= 0.3 is 11.9 Å². The van der Waals surface area contributed by atoms with Crippen molar-refractivity contribution in [3.63, 3.8) is 0 Å². The monoisotopic (exact) mass is 1800 g/mol. The highest BCUT2D eigenvalue weighted by molar-refractivity contribution is 7.98. The van der Waals surface area contributed by atoms with Gasteiger partial charge in [0.15, 0.2) is 47.3 Å². The molecule has 36 heteroatoms. The van der Waals surface area contributed by atoms with E-state index >= 15 is 9.59 Å². The third kappa shape index (κ3) is 41.9. The number of guanidine groups is 1. The van der Waals surface area contributed by atoms with Crippen LogP contribution in [0.3, 0.4) is 0 Å². The van der Waals surface area contributed by atoms with Gasteiger partial charge in [-0.1, -0.05) is 135 Å². The summed E-state index contributed by atoms with van der Waals surface area (Å²) in [6.45, 7) is 8.85. The first kappa shape index (κ1) is 109. The Morgan fingerprint density at radius 2 is 0.898 bits per heavy atom. The van der Waals surface area contributed by atoms with Gasteiger partial charge in [0.1, 0.15) is 11.8 Å². The molecule has 0 aromatic heterocycles. The number of phenols is 1. The number of carboxylic acids is 2. The van der Waals surface area contributed by atoms with Crippen LogP contribution in [0.1, 0.15) is 186 Å². The zero-order valence-corrected chi connectivity index (χ0v) is 75.1. The Balaban J connectivity index is 1.61. The molecule has 8 amide bonds. The van der Waals surface area contributed by atoms with Crippen molar-refractivity contribution in [3.8, 4) is 5.75 Å². The number of unbranched alkanes of at least 4 members (excludes halogenated alkanes) is 3. The smallest absolute Gasteiger partial charge is 0.326 e. The number of carboxylic acid groups (broad SMARTS) is 2. The molecule has 14 atom stereocenters. The van der Waals surface area contributed by atoms with Crippen LogP contribution in [0, 0.1) is 46.8 Å². The number of ketones is 6. The number of amides is 8. The maximum atomic E-state index is 15.1. The molecule has 0 aliphatic rings. The Kier molecular flexibility index (Phi) is 49.8. The highest BCUT2D eigenvalue weighted by Gasteiger charge is 2.39. The van der Waals surface area contributed by atoms with Crippen molar-refractivity contribution >= 4 is 117 Å². The van der Waals surface area contributed by atoms with Crippen LogP contribution in [0.25, 0.3) is 0 Å². The molecule has 0 bridgehead atoms. The summed E-state index contributed by atoms with van der Waals surface area (Å²) in [7, 11) is 0. The van der Waals surface area contributed by atoms with E-state index in [2.05, 4.69) is 47.7 Å². The number of oxime groups is 1. The van der Waals surface area contributed by atoms with Crippen molar-refractivity contribution in [1.82, 2.24) is 42.5 Å². The first-order valence-electron chi connectivity index (χ1n) is 43.5. The largest absolute Gasteiger partial charge is 0.508 e. The maximum absolute atomic E-state index is 15.1. The lowest BCUT2D eigenvalue weighted by atomic mass is 9.87. The van der Waals surface area contributed by atoms with Gasteiger partial charge < -0.3 is 90.7 Å². The van der Waals surface area contributed by atoms with Crippen LogP contribution in [0.15, 0.2) is 120 Å². The Morgan fingerprint density at radius 3 is 1.38 bits per heavy atom. The van der Waals surface area contributed by atoms with Gasteiger partial charge in [0.25, 0.3) is 5.91 Å². The zero-order chi connectivity index (χ0) is 95.0. The van der Waals surface area contributed by atoms with Crippen LogP contribution >= 0.6 is 11.8 Å². The lowest BCUT2D eigenvalue weighted by Gasteiger charge is -2.27. The summed E-state index contributed by atoms with van der Waals surface area (Å²) in [5.41, 5.74) is 25.8. The molecular weight excluding hydrogens is 1670 g/mol. The predicted octanol–water partition coefficient (Wildman–Crippen LogP) is 4.47. The summed E-state index contributed by atoms with van der Waals surface area (Å²) in [6, 6.07) is 22.3. The van der Waals surface area contributed by atoms with Crippen LogP contribution in [0.5, 0.6) is 5.75 Å². The van der Waals surface area contributed by atoms with E-state index in [1.165, 1.54) is 63.7 Å². The lowest BCUT2D eigenvalue weighted by Crippen LogP contribution is -2.50. The fraction of sp³-hybridized carbons (Fsp3) is 0.543. The van der Waals surface area contributed by atoms with Gasteiger partial charge in [-0.25, -0.2) is 4.79 Å². The first-order valence-corrected chi connectivity index (χ1v) is 44.9. The summed E-state index contributed by atoms with van der Waals surface area (Å²) in [5.74, 6) is -21.1. The standard InChI is InChI=1S/C92H132N14O21S/c1-55(2)84(80(114)51-67(46-63-33-35-68(108)36-34-63)89(123)104-74(53-81(95)115)79(113)49-65(44-60-23-11-8-12-24-60)87(121)99-58(5)75(109)52-69(59(6)107)90(124)103-72(91(125)126)38-42-128-7)105-85(119)56(3)43-76(110)70(30-18-21-40-94)101-86(120)64(29-17-20-39-93)48-77(111)71(31-19-22-41-98-92(96)97)102-88(122)66(45-61-25-13-9-14-26-61)50-78(112)73(47-62-27-15-10-16-28-62)100-82(116)54-127-106-57(4)32-37-83(117)118/h8-16,23-28,33-36,55-56,58-59,64-67,69-74,84,107-108H,17-22,29-32,37-54,93-94H2,1-7H3,(H2,95,115)(H,99,121)(H,100,116)(H,101,120)(H,102,122)(H,103,124)(H,104,123)(H,105,119)(H,117,118)(H,125,126)(H4,96,97,98)/b106-57+/t56-,58+,59-,64?,65-,66?,67-,69+,70+,71+,72+,73+,74+,84+/m1/s1. The second-order valence-electron chi connectivity index (χ2n) is 33.0. The summed E-state index contributed by atoms with van der Waals surface area (Å²) >= 11 is 1.35. The number of carbonyl (C=O) groups is 16. The molecule has 4 aromatic rings. The van der Waals surface area contributed by atoms with Gasteiger partial charge in [-0.3, -0.25) is 77.3 Å². The minimum absolute atomic E-state index is 0.00465. The van der Waals surface area contributed by atoms with Gasteiger partial charge in [0.2, 0.25) is 41.4 Å². The molecule has 0 aliphatic heterocycles.